The first-order valence-electron chi connectivity index (χ1n) is 6.15. The molecule has 2 aromatic rings. The molecule has 3 N–H and O–H groups in total. The number of nitrogens with zero attached hydrogens (tertiary/aromatic N) is 1. The van der Waals surface area contributed by atoms with Gasteiger partial charge in [0.2, 0.25) is 0 Å². The van der Waals surface area contributed by atoms with Gasteiger partial charge in [0.15, 0.2) is 0 Å². The van der Waals surface area contributed by atoms with Gasteiger partial charge in [-0.25, -0.2) is 0 Å². The van der Waals surface area contributed by atoms with Crippen LogP contribution in [0.5, 0.6) is 0 Å². The zero-order chi connectivity index (χ0) is 12.3. The van der Waals surface area contributed by atoms with Crippen LogP contribution in [0.25, 0.3) is 10.8 Å². The molecule has 0 saturated carbocycles. The maximum Gasteiger partial charge on any atom is 0.0439 e. The van der Waals surface area contributed by atoms with E-state index in [1.165, 1.54) is 0 Å². The van der Waals surface area contributed by atoms with Crippen molar-refractivity contribution in [1.29, 1.82) is 0 Å². The van der Waals surface area contributed by atoms with Crippen molar-refractivity contribution in [3.05, 3.63) is 30.6 Å². The molecule has 0 spiro atoms. The van der Waals surface area contributed by atoms with Crippen LogP contribution >= 0.6 is 0 Å². The third kappa shape index (κ3) is 2.33. The fraction of sp³-hybridized carbons (Fsp3) is 0.357. The van der Waals surface area contributed by atoms with Crippen molar-refractivity contribution in [2.45, 2.75) is 32.7 Å². The summed E-state index contributed by atoms with van der Waals surface area (Å²) in [5.74, 6) is 0. The summed E-state index contributed by atoms with van der Waals surface area (Å²) in [6.45, 7) is 4.39. The SMILES string of the molecule is CCC(CC)Nc1ccc(N)c2ccncc12. The van der Waals surface area contributed by atoms with Crippen molar-refractivity contribution in [3.63, 3.8) is 0 Å². The monoisotopic (exact) mass is 229 g/mol. The molecule has 0 unspecified atom stereocenters. The normalized spacial score (nSPS) is 11.0. The number of benzene rings is 1. The maximum absolute atomic E-state index is 5.97. The van der Waals surface area contributed by atoms with Crippen LogP contribution in [0.1, 0.15) is 26.7 Å². The lowest BCUT2D eigenvalue weighted by molar-refractivity contribution is 0.672. The minimum atomic E-state index is 0.502. The summed E-state index contributed by atoms with van der Waals surface area (Å²) in [6.07, 6.45) is 5.88. The smallest absolute Gasteiger partial charge is 0.0439 e. The Morgan fingerprint density at radius 3 is 2.65 bits per heavy atom. The molecule has 0 fully saturated rings. The zero-order valence-electron chi connectivity index (χ0n) is 10.4. The standard InChI is InChI=1S/C14H19N3/c1-3-10(4-2)17-14-6-5-13(15)11-7-8-16-9-12(11)14/h5-10,17H,3-4,15H2,1-2H3. The summed E-state index contributed by atoms with van der Waals surface area (Å²) < 4.78 is 0. The number of nitrogen functional groups attached to an aromatic ring is 1. The molecule has 3 nitrogen and oxygen atoms in total. The van der Waals surface area contributed by atoms with Gasteiger partial charge in [0.1, 0.15) is 0 Å². The number of rotatable bonds is 4. The topological polar surface area (TPSA) is 50.9 Å². The Bertz CT molecular complexity index is 504. The number of hydrogen-bond acceptors (Lipinski definition) is 3. The van der Waals surface area contributed by atoms with Crippen LogP contribution in [0.4, 0.5) is 11.4 Å². The number of hydrogen-bond donors (Lipinski definition) is 2. The number of aromatic nitrogens is 1. The molecule has 1 heterocycles. The molecule has 0 aliphatic rings. The van der Waals surface area contributed by atoms with Gasteiger partial charge in [0.25, 0.3) is 0 Å². The Morgan fingerprint density at radius 1 is 1.18 bits per heavy atom. The molecular formula is C14H19N3. The molecule has 0 bridgehead atoms. The Labute approximate surface area is 102 Å². The highest BCUT2D eigenvalue weighted by atomic mass is 14.9. The average Bonchev–Trinajstić information content (AvgIpc) is 2.38. The van der Waals surface area contributed by atoms with Crippen molar-refractivity contribution in [2.75, 3.05) is 11.1 Å². The van der Waals surface area contributed by atoms with E-state index >= 15 is 0 Å². The van der Waals surface area contributed by atoms with Crippen LogP contribution in [0.2, 0.25) is 0 Å². The van der Waals surface area contributed by atoms with Crippen LogP contribution in [0.3, 0.4) is 0 Å². The maximum atomic E-state index is 5.97. The highest BCUT2D eigenvalue weighted by Gasteiger charge is 2.07. The first-order valence-corrected chi connectivity index (χ1v) is 6.15. The Kier molecular flexibility index (Phi) is 3.47. The number of anilines is 2. The molecule has 1 aromatic carbocycles. The highest BCUT2D eigenvalue weighted by molar-refractivity contribution is 6.00. The van der Waals surface area contributed by atoms with Crippen LogP contribution in [-0.4, -0.2) is 11.0 Å². The fourth-order valence-corrected chi connectivity index (χ4v) is 2.05. The van der Waals surface area contributed by atoms with E-state index in [2.05, 4.69) is 24.1 Å². The van der Waals surface area contributed by atoms with Gasteiger partial charge in [-0.15, -0.1) is 0 Å². The molecule has 0 saturated heterocycles. The lowest BCUT2D eigenvalue weighted by Gasteiger charge is -2.18. The van der Waals surface area contributed by atoms with Gasteiger partial charge in [-0.1, -0.05) is 13.8 Å². The number of nitrogens with two attached hydrogens (primary N) is 1. The van der Waals surface area contributed by atoms with Crippen LogP contribution < -0.4 is 11.1 Å². The molecule has 0 aliphatic heterocycles. The molecular weight excluding hydrogens is 210 g/mol. The molecule has 3 heteroatoms. The minimum absolute atomic E-state index is 0.502. The van der Waals surface area contributed by atoms with E-state index in [0.29, 0.717) is 6.04 Å². The molecule has 0 amide bonds. The van der Waals surface area contributed by atoms with E-state index in [1.54, 1.807) is 6.20 Å². The summed E-state index contributed by atoms with van der Waals surface area (Å²) in [7, 11) is 0. The molecule has 0 radical (unpaired) electrons. The third-order valence-electron chi connectivity index (χ3n) is 3.20. The van der Waals surface area contributed by atoms with Gasteiger partial charge < -0.3 is 11.1 Å². The summed E-state index contributed by atoms with van der Waals surface area (Å²) in [5.41, 5.74) is 7.89. The van der Waals surface area contributed by atoms with Crippen LogP contribution in [-0.2, 0) is 0 Å². The Balaban J connectivity index is 2.44. The molecule has 0 atom stereocenters. The fourth-order valence-electron chi connectivity index (χ4n) is 2.05. The molecule has 0 aliphatic carbocycles. The summed E-state index contributed by atoms with van der Waals surface area (Å²) in [6, 6.07) is 6.45. The van der Waals surface area contributed by atoms with Crippen molar-refractivity contribution < 1.29 is 0 Å². The van der Waals surface area contributed by atoms with E-state index < -0.39 is 0 Å². The first-order chi connectivity index (χ1) is 8.26. The van der Waals surface area contributed by atoms with Gasteiger partial charge in [0.05, 0.1) is 0 Å². The van der Waals surface area contributed by atoms with Gasteiger partial charge >= 0.3 is 0 Å². The van der Waals surface area contributed by atoms with Crippen LogP contribution in [0, 0.1) is 0 Å². The highest BCUT2D eigenvalue weighted by Crippen LogP contribution is 2.28. The predicted octanol–water partition coefficient (Wildman–Crippen LogP) is 3.42. The number of fused-ring (bicyclic) bond motifs is 1. The Hall–Kier alpha value is -1.77. The van der Waals surface area contributed by atoms with Gasteiger partial charge in [0, 0.05) is 40.6 Å². The molecule has 2 rings (SSSR count). The second-order valence-corrected chi connectivity index (χ2v) is 4.28. The number of nitrogens with one attached hydrogen (secondary N) is 1. The van der Waals surface area contributed by atoms with Crippen LogP contribution in [0.15, 0.2) is 30.6 Å². The predicted molar refractivity (Wildman–Crippen MR) is 74.1 cm³/mol. The second-order valence-electron chi connectivity index (χ2n) is 4.28. The first kappa shape index (κ1) is 11.7. The van der Waals surface area contributed by atoms with E-state index in [9.17, 15) is 0 Å². The number of pyridine rings is 1. The van der Waals surface area contributed by atoms with Gasteiger partial charge in [-0.3, -0.25) is 4.98 Å². The van der Waals surface area contributed by atoms with Gasteiger partial charge in [-0.05, 0) is 31.0 Å². The second kappa shape index (κ2) is 5.04. The van der Waals surface area contributed by atoms with E-state index in [1.807, 2.05) is 24.4 Å². The Morgan fingerprint density at radius 2 is 1.94 bits per heavy atom. The van der Waals surface area contributed by atoms with Gasteiger partial charge in [-0.2, -0.15) is 0 Å². The summed E-state index contributed by atoms with van der Waals surface area (Å²) in [5, 5.41) is 5.72. The zero-order valence-corrected chi connectivity index (χ0v) is 10.4. The quantitative estimate of drug-likeness (QED) is 0.790. The molecule has 17 heavy (non-hydrogen) atoms. The lowest BCUT2D eigenvalue weighted by atomic mass is 10.1. The minimum Gasteiger partial charge on any atom is -0.398 e. The van der Waals surface area contributed by atoms with Crippen molar-refractivity contribution in [3.8, 4) is 0 Å². The average molecular weight is 229 g/mol. The van der Waals surface area contributed by atoms with Crippen molar-refractivity contribution in [2.24, 2.45) is 0 Å². The largest absolute Gasteiger partial charge is 0.398 e. The third-order valence-corrected chi connectivity index (χ3v) is 3.20. The van der Waals surface area contributed by atoms with E-state index in [4.69, 9.17) is 5.73 Å². The summed E-state index contributed by atoms with van der Waals surface area (Å²) >= 11 is 0. The van der Waals surface area contributed by atoms with Crippen molar-refractivity contribution >= 4 is 22.1 Å². The lowest BCUT2D eigenvalue weighted by Crippen LogP contribution is -2.17. The summed E-state index contributed by atoms with van der Waals surface area (Å²) in [4.78, 5) is 4.18. The van der Waals surface area contributed by atoms with E-state index in [0.717, 1.165) is 35.0 Å². The van der Waals surface area contributed by atoms with Crippen molar-refractivity contribution in [1.82, 2.24) is 4.98 Å². The van der Waals surface area contributed by atoms with E-state index in [-0.39, 0.29) is 0 Å². The molecule has 90 valence electrons. The molecule has 1 aromatic heterocycles.